The lowest BCUT2D eigenvalue weighted by Gasteiger charge is -2.34. The van der Waals surface area contributed by atoms with Gasteiger partial charge in [0, 0.05) is 32.7 Å². The van der Waals surface area contributed by atoms with Crippen LogP contribution < -0.4 is 14.5 Å². The molecule has 0 bridgehead atoms. The molecule has 1 fully saturated rings. The van der Waals surface area contributed by atoms with E-state index in [9.17, 15) is 14.4 Å². The molecule has 0 unspecified atom stereocenters. The summed E-state index contributed by atoms with van der Waals surface area (Å²) in [5, 5.41) is 1.10. The number of carbonyl (C=O) groups excluding carboxylic acids is 3. The molecule has 0 aliphatic carbocycles. The zero-order valence-corrected chi connectivity index (χ0v) is 26.8. The zero-order chi connectivity index (χ0) is 32.5. The number of rotatable bonds is 7. The third-order valence-corrected chi connectivity index (χ3v) is 8.42. The van der Waals surface area contributed by atoms with Gasteiger partial charge in [-0.2, -0.15) is 0 Å². The lowest BCUT2D eigenvalue weighted by molar-refractivity contribution is -0.121. The Bertz CT molecular complexity index is 2000. The predicted molar refractivity (Wildman–Crippen MR) is 182 cm³/mol. The summed E-state index contributed by atoms with van der Waals surface area (Å²) in [5.41, 5.74) is 5.71. The van der Waals surface area contributed by atoms with E-state index in [-0.39, 0.29) is 5.57 Å². The Balaban J connectivity index is 1.32. The van der Waals surface area contributed by atoms with Crippen molar-refractivity contribution in [3.8, 4) is 11.4 Å². The second-order valence-electron chi connectivity index (χ2n) is 11.0. The third-order valence-electron chi connectivity index (χ3n) is 7.83. The number of amides is 4. The Kier molecular flexibility index (Phi) is 8.54. The van der Waals surface area contributed by atoms with Crippen LogP contribution in [0.4, 0.5) is 16.2 Å². The number of para-hydroxylation sites is 1. The number of anilines is 2. The Labute approximate surface area is 276 Å². The van der Waals surface area contributed by atoms with Gasteiger partial charge in [0.2, 0.25) is 0 Å². The molecule has 1 aliphatic rings. The summed E-state index contributed by atoms with van der Waals surface area (Å²) < 4.78 is 7.97. The van der Waals surface area contributed by atoms with Crippen LogP contribution in [0, 0.1) is 20.8 Å². The zero-order valence-electron chi connectivity index (χ0n) is 25.3. The predicted octanol–water partition coefficient (Wildman–Crippen LogP) is 8.87. The van der Waals surface area contributed by atoms with Crippen molar-refractivity contribution in [1.29, 1.82) is 0 Å². The van der Waals surface area contributed by atoms with E-state index in [1.807, 2.05) is 73.9 Å². The summed E-state index contributed by atoms with van der Waals surface area (Å²) >= 11 is 12.3. The summed E-state index contributed by atoms with van der Waals surface area (Å²) in [6.07, 6.45) is 1.57. The largest absolute Gasteiger partial charge is 0.489 e. The Morgan fingerprint density at radius 2 is 1.30 bits per heavy atom. The summed E-state index contributed by atoms with van der Waals surface area (Å²) in [5.74, 6) is -0.699. The molecule has 9 heteroatoms. The molecule has 0 spiro atoms. The SMILES string of the molecule is Cc1ccc(N2C(=O)/C(=C/c3cc(C)n(-c4ccc(OCc5ccc(Cl)cc5Cl)cc4)c3C)C(=O)N(c3ccccc3)C2=O)cc1. The molecule has 2 heterocycles. The van der Waals surface area contributed by atoms with E-state index in [2.05, 4.69) is 0 Å². The van der Waals surface area contributed by atoms with E-state index in [1.165, 1.54) is 0 Å². The van der Waals surface area contributed by atoms with Gasteiger partial charge in [0.15, 0.2) is 0 Å². The van der Waals surface area contributed by atoms with Crippen molar-refractivity contribution in [2.24, 2.45) is 0 Å². The number of barbiturate groups is 1. The van der Waals surface area contributed by atoms with E-state index >= 15 is 0 Å². The fraction of sp³-hybridized carbons (Fsp3) is 0.108. The summed E-state index contributed by atoms with van der Waals surface area (Å²) in [4.78, 5) is 43.5. The molecule has 0 saturated carbocycles. The number of urea groups is 1. The lowest BCUT2D eigenvalue weighted by Crippen LogP contribution is -2.57. The number of carbonyl (C=O) groups is 3. The van der Waals surface area contributed by atoms with E-state index in [1.54, 1.807) is 60.7 Å². The second kappa shape index (κ2) is 12.7. The van der Waals surface area contributed by atoms with Gasteiger partial charge in [0.05, 0.1) is 11.4 Å². The first-order valence-corrected chi connectivity index (χ1v) is 15.3. The number of benzene rings is 4. The molecule has 7 nitrogen and oxygen atoms in total. The van der Waals surface area contributed by atoms with Crippen molar-refractivity contribution in [1.82, 2.24) is 4.57 Å². The Morgan fingerprint density at radius 3 is 1.93 bits per heavy atom. The van der Waals surface area contributed by atoms with Crippen LogP contribution in [-0.4, -0.2) is 22.4 Å². The van der Waals surface area contributed by atoms with Gasteiger partial charge in [-0.3, -0.25) is 9.59 Å². The fourth-order valence-electron chi connectivity index (χ4n) is 5.43. The summed E-state index contributed by atoms with van der Waals surface area (Å²) in [7, 11) is 0. The van der Waals surface area contributed by atoms with Crippen LogP contribution >= 0.6 is 23.2 Å². The quantitative estimate of drug-likeness (QED) is 0.130. The minimum absolute atomic E-state index is 0.117. The van der Waals surface area contributed by atoms with E-state index in [4.69, 9.17) is 27.9 Å². The van der Waals surface area contributed by atoms with Crippen molar-refractivity contribution < 1.29 is 19.1 Å². The Hall–Kier alpha value is -5.11. The minimum Gasteiger partial charge on any atom is -0.489 e. The number of imide groups is 2. The van der Waals surface area contributed by atoms with Crippen molar-refractivity contribution in [3.63, 3.8) is 0 Å². The van der Waals surface area contributed by atoms with Gasteiger partial charge in [-0.25, -0.2) is 14.6 Å². The maximum atomic E-state index is 13.9. The van der Waals surface area contributed by atoms with Crippen molar-refractivity contribution in [2.75, 3.05) is 9.80 Å². The highest BCUT2D eigenvalue weighted by atomic mass is 35.5. The molecule has 46 heavy (non-hydrogen) atoms. The molecule has 1 aliphatic heterocycles. The number of ether oxygens (including phenoxy) is 1. The number of aromatic nitrogens is 1. The number of nitrogens with zero attached hydrogens (tertiary/aromatic N) is 3. The molecular weight excluding hydrogens is 621 g/mol. The number of halogens is 2. The topological polar surface area (TPSA) is 71.8 Å². The number of aryl methyl sites for hydroxylation is 2. The highest BCUT2D eigenvalue weighted by molar-refractivity contribution is 6.46. The second-order valence-corrected chi connectivity index (χ2v) is 11.8. The Morgan fingerprint density at radius 1 is 0.696 bits per heavy atom. The average Bonchev–Trinajstić information content (AvgIpc) is 3.32. The summed E-state index contributed by atoms with van der Waals surface area (Å²) in [6.45, 7) is 6.08. The molecule has 0 radical (unpaired) electrons. The van der Waals surface area contributed by atoms with Crippen LogP contribution in [0.5, 0.6) is 5.75 Å². The van der Waals surface area contributed by atoms with Gasteiger partial charge >= 0.3 is 6.03 Å². The van der Waals surface area contributed by atoms with Crippen molar-refractivity contribution in [2.45, 2.75) is 27.4 Å². The minimum atomic E-state index is -0.728. The molecule has 230 valence electrons. The standard InChI is InChI=1S/C37H29Cl2N3O4/c1-23-9-13-31(14-10-23)42-36(44)33(35(43)41(37(42)45)29-7-5-4-6-8-29)20-27-19-24(2)40(25(27)3)30-15-17-32(18-16-30)46-22-26-11-12-28(38)21-34(26)39/h4-21H,22H2,1-3H3/b33-20+. The number of hydrogen-bond donors (Lipinski definition) is 0. The first-order chi connectivity index (χ1) is 22.1. The van der Waals surface area contributed by atoms with Crippen LogP contribution in [0.15, 0.2) is 109 Å². The molecule has 1 aromatic heterocycles. The van der Waals surface area contributed by atoms with Crippen LogP contribution in [0.3, 0.4) is 0 Å². The van der Waals surface area contributed by atoms with E-state index in [0.717, 1.165) is 38.0 Å². The normalized spacial score (nSPS) is 14.4. The number of hydrogen-bond acceptors (Lipinski definition) is 4. The maximum Gasteiger partial charge on any atom is 0.343 e. The van der Waals surface area contributed by atoms with Crippen LogP contribution in [0.1, 0.15) is 28.1 Å². The van der Waals surface area contributed by atoms with E-state index < -0.39 is 17.8 Å². The highest BCUT2D eigenvalue weighted by Gasteiger charge is 2.43. The van der Waals surface area contributed by atoms with Gasteiger partial charge < -0.3 is 9.30 Å². The van der Waals surface area contributed by atoms with Crippen molar-refractivity contribution >= 4 is 58.5 Å². The fourth-order valence-corrected chi connectivity index (χ4v) is 5.90. The van der Waals surface area contributed by atoms with E-state index in [0.29, 0.717) is 39.3 Å². The molecule has 1 saturated heterocycles. The summed E-state index contributed by atoms with van der Waals surface area (Å²) in [6, 6.07) is 29.7. The monoisotopic (exact) mass is 649 g/mol. The third kappa shape index (κ3) is 5.95. The molecule has 6 rings (SSSR count). The van der Waals surface area contributed by atoms with Gasteiger partial charge in [0.25, 0.3) is 11.8 Å². The van der Waals surface area contributed by atoms with Gasteiger partial charge in [0.1, 0.15) is 17.9 Å². The van der Waals surface area contributed by atoms with Crippen LogP contribution in [-0.2, 0) is 16.2 Å². The molecule has 0 N–H and O–H groups in total. The van der Waals surface area contributed by atoms with Crippen LogP contribution in [0.25, 0.3) is 11.8 Å². The van der Waals surface area contributed by atoms with Gasteiger partial charge in [-0.15, -0.1) is 0 Å². The maximum absolute atomic E-state index is 13.9. The average molecular weight is 651 g/mol. The van der Waals surface area contributed by atoms with Crippen LogP contribution in [0.2, 0.25) is 10.0 Å². The molecule has 4 amide bonds. The molecule has 5 aromatic rings. The van der Waals surface area contributed by atoms with Crippen molar-refractivity contribution in [3.05, 3.63) is 147 Å². The van der Waals surface area contributed by atoms with Gasteiger partial charge in [-0.05, 0) is 99.1 Å². The highest BCUT2D eigenvalue weighted by Crippen LogP contribution is 2.32. The lowest BCUT2D eigenvalue weighted by atomic mass is 10.0. The first kappa shape index (κ1) is 30.9. The smallest absolute Gasteiger partial charge is 0.343 e. The molecule has 4 aromatic carbocycles. The van der Waals surface area contributed by atoms with Gasteiger partial charge in [-0.1, -0.05) is 65.2 Å². The first-order valence-electron chi connectivity index (χ1n) is 14.5. The molecule has 0 atom stereocenters. The molecular formula is C37H29Cl2N3O4.